The third kappa shape index (κ3) is 0.618. The molecule has 1 aliphatic rings. The highest BCUT2D eigenvalue weighted by Gasteiger charge is 1.95. The number of hydrogen-bond donors (Lipinski definition) is 0. The van der Waals surface area contributed by atoms with E-state index in [1.807, 2.05) is 6.61 Å². The molecule has 0 aromatic carbocycles. The van der Waals surface area contributed by atoms with Crippen LogP contribution in [0, 0.1) is 6.61 Å². The first-order valence-corrected chi connectivity index (χ1v) is 1.93. The van der Waals surface area contributed by atoms with E-state index < -0.39 is 0 Å². The van der Waals surface area contributed by atoms with Gasteiger partial charge in [-0.05, 0) is 12.8 Å². The second-order valence-electron chi connectivity index (χ2n) is 1.18. The van der Waals surface area contributed by atoms with E-state index in [0.717, 1.165) is 13.0 Å². The van der Waals surface area contributed by atoms with Gasteiger partial charge in [-0.3, -0.25) is 0 Å². The molecule has 0 N–H and O–H groups in total. The van der Waals surface area contributed by atoms with Crippen LogP contribution in [0.15, 0.2) is 0 Å². The molecule has 0 bridgehead atoms. The Morgan fingerprint density at radius 1 is 1.80 bits per heavy atom. The first kappa shape index (κ1) is 3.16. The van der Waals surface area contributed by atoms with Crippen LogP contribution in [0.2, 0.25) is 0 Å². The minimum absolute atomic E-state index is 0. The van der Waals surface area contributed by atoms with E-state index in [9.17, 15) is 0 Å². The van der Waals surface area contributed by atoms with Crippen molar-refractivity contribution in [3.63, 3.8) is 0 Å². The molecule has 0 spiro atoms. The fraction of sp³-hybridized carbons (Fsp3) is 0.750. The second-order valence-corrected chi connectivity index (χ2v) is 1.18. The molecule has 1 heterocycles. The van der Waals surface area contributed by atoms with Crippen molar-refractivity contribution in [2.24, 2.45) is 0 Å². The van der Waals surface area contributed by atoms with Crippen molar-refractivity contribution in [2.45, 2.75) is 12.8 Å². The van der Waals surface area contributed by atoms with Gasteiger partial charge < -0.3 is 4.74 Å². The molecule has 0 unspecified atom stereocenters. The lowest BCUT2D eigenvalue weighted by atomic mass is 10.4. The average molecular weight is 72.1 g/mol. The fourth-order valence-corrected chi connectivity index (χ4v) is 0.417. The highest BCUT2D eigenvalue weighted by molar-refractivity contribution is 4.57. The minimum atomic E-state index is 0. The van der Waals surface area contributed by atoms with Crippen molar-refractivity contribution in [3.8, 4) is 0 Å². The average Bonchev–Trinajstić information content (AvgIpc) is 1.76. The Morgan fingerprint density at radius 3 is 3.00 bits per heavy atom. The van der Waals surface area contributed by atoms with Gasteiger partial charge in [0.1, 0.15) is 0 Å². The Morgan fingerprint density at radius 2 is 2.80 bits per heavy atom. The Kier molecular flexibility index (Phi) is 0.892. The zero-order chi connectivity index (χ0) is 3.54. The lowest BCUT2D eigenvalue weighted by Gasteiger charge is -1.75. The summed E-state index contributed by atoms with van der Waals surface area (Å²) in [7, 11) is 0. The molecule has 0 aliphatic carbocycles. The summed E-state index contributed by atoms with van der Waals surface area (Å²) in [6, 6.07) is 0. The van der Waals surface area contributed by atoms with Crippen molar-refractivity contribution >= 4 is 0 Å². The lowest BCUT2D eigenvalue weighted by Crippen LogP contribution is -1.69. The SMILES string of the molecule is [CH]1CCCO1.[H+]. The summed E-state index contributed by atoms with van der Waals surface area (Å²) in [5.74, 6) is 0. The van der Waals surface area contributed by atoms with E-state index in [0.29, 0.717) is 0 Å². The first-order chi connectivity index (χ1) is 2.50. The van der Waals surface area contributed by atoms with Crippen molar-refractivity contribution in [1.29, 1.82) is 0 Å². The predicted molar refractivity (Wildman–Crippen MR) is 20.6 cm³/mol. The van der Waals surface area contributed by atoms with Crippen LogP contribution in [0.1, 0.15) is 14.3 Å². The van der Waals surface area contributed by atoms with Gasteiger partial charge in [0.05, 0.1) is 6.61 Å². The minimum Gasteiger partial charge on any atom is -0.376 e. The standard InChI is InChI=1S/C4H7O/c1-2-4-5-3-1/h3H,1-2,4H2/p+1. The lowest BCUT2D eigenvalue weighted by molar-refractivity contribution is 0.254. The van der Waals surface area contributed by atoms with E-state index >= 15 is 0 Å². The molecule has 1 heteroatoms. The molecule has 1 radical (unpaired) electrons. The van der Waals surface area contributed by atoms with Crippen LogP contribution in [-0.4, -0.2) is 6.61 Å². The molecule has 1 nitrogen and oxygen atoms in total. The smallest absolute Gasteiger partial charge is 0.376 e. The third-order valence-corrected chi connectivity index (χ3v) is 0.702. The molecule has 0 saturated carbocycles. The van der Waals surface area contributed by atoms with E-state index in [1.54, 1.807) is 0 Å². The molecule has 1 fully saturated rings. The van der Waals surface area contributed by atoms with Crippen LogP contribution >= 0.6 is 0 Å². The van der Waals surface area contributed by atoms with Crippen LogP contribution in [0.4, 0.5) is 0 Å². The van der Waals surface area contributed by atoms with Crippen LogP contribution in [-0.2, 0) is 4.74 Å². The van der Waals surface area contributed by atoms with Gasteiger partial charge in [-0.1, -0.05) is 0 Å². The topological polar surface area (TPSA) is 9.23 Å². The Bertz CT molecular complexity index is 19.1. The van der Waals surface area contributed by atoms with Gasteiger partial charge in [-0.2, -0.15) is 0 Å². The van der Waals surface area contributed by atoms with Gasteiger partial charge in [0.25, 0.3) is 0 Å². The molecule has 1 saturated heterocycles. The number of hydrogen-bond acceptors (Lipinski definition) is 1. The zero-order valence-corrected chi connectivity index (χ0v) is 3.11. The predicted octanol–water partition coefficient (Wildman–Crippen LogP) is 1.07. The molecule has 1 aliphatic heterocycles. The van der Waals surface area contributed by atoms with E-state index in [1.165, 1.54) is 6.42 Å². The van der Waals surface area contributed by atoms with Gasteiger partial charge >= 0.3 is 1.43 Å². The normalized spacial score (nSPS) is 24.0. The largest absolute Gasteiger partial charge is 1.00 e. The summed E-state index contributed by atoms with van der Waals surface area (Å²) in [6.45, 7) is 2.81. The second kappa shape index (κ2) is 1.41. The van der Waals surface area contributed by atoms with Gasteiger partial charge in [0.15, 0.2) is 0 Å². The summed E-state index contributed by atoms with van der Waals surface area (Å²) in [5, 5.41) is 0. The van der Waals surface area contributed by atoms with Crippen LogP contribution in [0.3, 0.4) is 0 Å². The zero-order valence-electron chi connectivity index (χ0n) is 4.11. The summed E-state index contributed by atoms with van der Waals surface area (Å²) in [5.41, 5.74) is 0. The Labute approximate surface area is 33.4 Å². The van der Waals surface area contributed by atoms with Gasteiger partial charge in [-0.15, -0.1) is 0 Å². The maximum atomic E-state index is 4.82. The molecule has 0 amide bonds. The van der Waals surface area contributed by atoms with E-state index in [-0.39, 0.29) is 1.43 Å². The number of rotatable bonds is 0. The first-order valence-electron chi connectivity index (χ1n) is 1.93. The Balaban J connectivity index is 0.000000250. The molecule has 29 valence electrons. The molecular formula is C4H8O+. The van der Waals surface area contributed by atoms with Crippen LogP contribution in [0.25, 0.3) is 0 Å². The van der Waals surface area contributed by atoms with Crippen molar-refractivity contribution in [2.75, 3.05) is 6.61 Å². The highest BCUT2D eigenvalue weighted by Crippen LogP contribution is 2.03. The summed E-state index contributed by atoms with van der Waals surface area (Å²) < 4.78 is 4.82. The van der Waals surface area contributed by atoms with Crippen molar-refractivity contribution in [3.05, 3.63) is 6.61 Å². The summed E-state index contributed by atoms with van der Waals surface area (Å²) in [6.07, 6.45) is 2.38. The summed E-state index contributed by atoms with van der Waals surface area (Å²) in [4.78, 5) is 0. The number of ether oxygens (including phenoxy) is 1. The molecule has 5 heavy (non-hydrogen) atoms. The monoisotopic (exact) mass is 72.1 g/mol. The van der Waals surface area contributed by atoms with E-state index in [4.69, 9.17) is 4.74 Å². The maximum Gasteiger partial charge on any atom is 1.00 e. The third-order valence-electron chi connectivity index (χ3n) is 0.702. The van der Waals surface area contributed by atoms with Crippen molar-refractivity contribution < 1.29 is 6.16 Å². The van der Waals surface area contributed by atoms with Crippen molar-refractivity contribution in [1.82, 2.24) is 0 Å². The van der Waals surface area contributed by atoms with E-state index in [2.05, 4.69) is 0 Å². The molecule has 0 atom stereocenters. The van der Waals surface area contributed by atoms with Gasteiger partial charge in [0, 0.05) is 6.61 Å². The van der Waals surface area contributed by atoms with Gasteiger partial charge in [-0.25, -0.2) is 0 Å². The van der Waals surface area contributed by atoms with Gasteiger partial charge in [0.2, 0.25) is 0 Å². The Hall–Kier alpha value is -0.0400. The van der Waals surface area contributed by atoms with Crippen LogP contribution in [0.5, 0.6) is 0 Å². The maximum absolute atomic E-state index is 4.82. The molecular weight excluding hydrogens is 64.0 g/mol. The quantitative estimate of drug-likeness (QED) is 0.416. The molecule has 0 aromatic rings. The van der Waals surface area contributed by atoms with Crippen LogP contribution < -0.4 is 0 Å². The molecule has 1 rings (SSSR count). The molecule has 0 aromatic heterocycles. The fourth-order valence-electron chi connectivity index (χ4n) is 0.417. The summed E-state index contributed by atoms with van der Waals surface area (Å²) >= 11 is 0. The highest BCUT2D eigenvalue weighted by atomic mass is 16.5.